The number of nitrogens with zero attached hydrogens (tertiary/aromatic N) is 3. The van der Waals surface area contributed by atoms with Crippen LogP contribution in [0.25, 0.3) is 0 Å². The highest BCUT2D eigenvalue weighted by Crippen LogP contribution is 2.36. The number of piperazine rings is 1. The van der Waals surface area contributed by atoms with Gasteiger partial charge in [0.25, 0.3) is 0 Å². The average Bonchev–Trinajstić information content (AvgIpc) is 2.80. The molecule has 7 nitrogen and oxygen atoms in total. The maximum atomic E-state index is 13.8. The second-order valence-electron chi connectivity index (χ2n) is 7.52. The topological polar surface area (TPSA) is 78.9 Å². The van der Waals surface area contributed by atoms with Gasteiger partial charge in [-0.1, -0.05) is 28.1 Å². The Bertz CT molecular complexity index is 1040. The van der Waals surface area contributed by atoms with E-state index < -0.39 is 12.0 Å². The predicted octanol–water partition coefficient (Wildman–Crippen LogP) is 2.80. The summed E-state index contributed by atoms with van der Waals surface area (Å²) in [5, 5.41) is 6.69. The van der Waals surface area contributed by atoms with Gasteiger partial charge in [-0.3, -0.25) is 14.9 Å². The Labute approximate surface area is 194 Å². The van der Waals surface area contributed by atoms with Gasteiger partial charge in [-0.2, -0.15) is 0 Å². The Morgan fingerprint density at radius 1 is 1.28 bits per heavy atom. The van der Waals surface area contributed by atoms with E-state index in [0.717, 1.165) is 31.9 Å². The molecule has 0 aliphatic carbocycles. The van der Waals surface area contributed by atoms with Crippen LogP contribution in [0, 0.1) is 5.82 Å². The fourth-order valence-electron chi connectivity index (χ4n) is 3.84. The molecular formula is C23H25BrFN5O2. The van der Waals surface area contributed by atoms with Gasteiger partial charge in [0, 0.05) is 49.1 Å². The summed E-state index contributed by atoms with van der Waals surface area (Å²) in [7, 11) is 0. The van der Waals surface area contributed by atoms with Crippen LogP contribution in [0.3, 0.4) is 0 Å². The number of benzene rings is 1. The second kappa shape index (κ2) is 10.3. The molecule has 0 spiro atoms. The molecule has 1 aromatic heterocycles. The lowest BCUT2D eigenvalue weighted by Crippen LogP contribution is -2.47. The first-order valence-corrected chi connectivity index (χ1v) is 11.4. The lowest BCUT2D eigenvalue weighted by Gasteiger charge is -2.33. The lowest BCUT2D eigenvalue weighted by molar-refractivity contribution is -0.139. The number of amidine groups is 1. The third-order valence-corrected chi connectivity index (χ3v) is 6.06. The number of aromatic nitrogens is 1. The quantitative estimate of drug-likeness (QED) is 0.592. The zero-order chi connectivity index (χ0) is 22.5. The van der Waals surface area contributed by atoms with Crippen LogP contribution in [0.1, 0.15) is 24.2 Å². The minimum absolute atomic E-state index is 0.247. The first-order chi connectivity index (χ1) is 15.6. The monoisotopic (exact) mass is 501 g/mol. The van der Waals surface area contributed by atoms with E-state index in [2.05, 4.69) is 36.4 Å². The molecule has 2 N–H and O–H groups in total. The molecule has 0 bridgehead atoms. The Kier molecular flexibility index (Phi) is 7.29. The van der Waals surface area contributed by atoms with Crippen LogP contribution < -0.4 is 10.6 Å². The number of rotatable bonds is 6. The number of aliphatic imine (C=N–C) groups is 1. The van der Waals surface area contributed by atoms with Gasteiger partial charge in [0.15, 0.2) is 5.84 Å². The van der Waals surface area contributed by atoms with Crippen molar-refractivity contribution in [3.8, 4) is 0 Å². The second-order valence-corrected chi connectivity index (χ2v) is 8.38. The van der Waals surface area contributed by atoms with Crippen LogP contribution in [-0.2, 0) is 9.53 Å². The summed E-state index contributed by atoms with van der Waals surface area (Å²) in [5.41, 5.74) is 2.50. The van der Waals surface area contributed by atoms with Crippen molar-refractivity contribution in [2.24, 2.45) is 4.99 Å². The minimum Gasteiger partial charge on any atom is -0.463 e. The number of nitrogens with one attached hydrogen (secondary N) is 2. The number of ether oxygens (including phenoxy) is 1. The fourth-order valence-corrected chi connectivity index (χ4v) is 4.41. The fraction of sp³-hybridized carbons (Fsp3) is 0.348. The van der Waals surface area contributed by atoms with Crippen molar-refractivity contribution >= 4 is 27.7 Å². The molecule has 0 amide bonds. The molecule has 1 atom stereocenters. The maximum Gasteiger partial charge on any atom is 0.338 e. The van der Waals surface area contributed by atoms with Crippen LogP contribution >= 0.6 is 15.9 Å². The molecule has 1 unspecified atom stereocenters. The number of pyridine rings is 1. The molecule has 0 radical (unpaired) electrons. The highest BCUT2D eigenvalue weighted by molar-refractivity contribution is 9.10. The normalized spacial score (nSPS) is 19.3. The van der Waals surface area contributed by atoms with Crippen molar-refractivity contribution in [3.05, 3.63) is 75.4 Å². The Morgan fingerprint density at radius 3 is 2.78 bits per heavy atom. The summed E-state index contributed by atoms with van der Waals surface area (Å²) < 4.78 is 19.8. The minimum atomic E-state index is -0.666. The van der Waals surface area contributed by atoms with Crippen molar-refractivity contribution in [2.75, 3.05) is 39.3 Å². The third kappa shape index (κ3) is 5.06. The SMILES string of the molecule is CCOC(=O)C1=C(CN2CCNCC2)NC(c2ccccn2)=NC1c1ccc(F)cc1Br. The summed E-state index contributed by atoms with van der Waals surface area (Å²) in [6, 6.07) is 9.32. The van der Waals surface area contributed by atoms with Gasteiger partial charge >= 0.3 is 5.97 Å². The van der Waals surface area contributed by atoms with Crippen LogP contribution in [0.2, 0.25) is 0 Å². The molecule has 1 fully saturated rings. The number of carbonyl (C=O) groups excluding carboxylic acids is 1. The van der Waals surface area contributed by atoms with Gasteiger partial charge in [0.2, 0.25) is 0 Å². The van der Waals surface area contributed by atoms with E-state index in [-0.39, 0.29) is 12.4 Å². The predicted molar refractivity (Wildman–Crippen MR) is 124 cm³/mol. The average molecular weight is 502 g/mol. The van der Waals surface area contributed by atoms with Crippen LogP contribution in [0.15, 0.2) is 63.3 Å². The van der Waals surface area contributed by atoms with E-state index in [1.54, 1.807) is 19.2 Å². The standard InChI is InChI=1S/C23H25BrFN5O2/c1-2-32-23(31)20-19(14-30-11-9-26-10-12-30)28-22(18-5-3-4-8-27-18)29-21(20)16-7-6-15(25)13-17(16)24/h3-8,13,21,26H,2,9-12,14H2,1H3,(H,28,29). The third-order valence-electron chi connectivity index (χ3n) is 5.38. The first kappa shape index (κ1) is 22.6. The summed E-state index contributed by atoms with van der Waals surface area (Å²) in [4.78, 5) is 24.7. The van der Waals surface area contributed by atoms with Crippen LogP contribution in [-0.4, -0.2) is 61.0 Å². The molecule has 1 saturated heterocycles. The number of hydrogen-bond donors (Lipinski definition) is 2. The molecule has 168 valence electrons. The highest BCUT2D eigenvalue weighted by atomic mass is 79.9. The van der Waals surface area contributed by atoms with Gasteiger partial charge in [-0.15, -0.1) is 0 Å². The van der Waals surface area contributed by atoms with Crippen LogP contribution in [0.5, 0.6) is 0 Å². The molecule has 9 heteroatoms. The summed E-state index contributed by atoms with van der Waals surface area (Å²) in [6.45, 7) is 6.06. The van der Waals surface area contributed by atoms with E-state index in [9.17, 15) is 9.18 Å². The molecule has 0 saturated carbocycles. The number of hydrogen-bond acceptors (Lipinski definition) is 7. The molecule has 4 rings (SSSR count). The molecule has 32 heavy (non-hydrogen) atoms. The Hall–Kier alpha value is -2.62. The molecule has 2 aromatic rings. The van der Waals surface area contributed by atoms with Gasteiger partial charge in [-0.05, 0) is 36.8 Å². The van der Waals surface area contributed by atoms with E-state index >= 15 is 0 Å². The van der Waals surface area contributed by atoms with Crippen molar-refractivity contribution in [2.45, 2.75) is 13.0 Å². The van der Waals surface area contributed by atoms with Crippen molar-refractivity contribution in [1.29, 1.82) is 0 Å². The highest BCUT2D eigenvalue weighted by Gasteiger charge is 2.34. The van der Waals surface area contributed by atoms with E-state index in [0.29, 0.717) is 33.7 Å². The number of carbonyl (C=O) groups is 1. The number of esters is 1. The van der Waals surface area contributed by atoms with Crippen LogP contribution in [0.4, 0.5) is 4.39 Å². The Morgan fingerprint density at radius 2 is 2.09 bits per heavy atom. The Balaban J connectivity index is 1.82. The van der Waals surface area contributed by atoms with Gasteiger partial charge in [0.1, 0.15) is 17.6 Å². The first-order valence-electron chi connectivity index (χ1n) is 10.6. The smallest absolute Gasteiger partial charge is 0.338 e. The molecular weight excluding hydrogens is 477 g/mol. The molecule has 2 aliphatic heterocycles. The maximum absolute atomic E-state index is 13.8. The molecule has 1 aromatic carbocycles. The van der Waals surface area contributed by atoms with E-state index in [1.807, 2.05) is 18.2 Å². The zero-order valence-electron chi connectivity index (χ0n) is 17.8. The lowest BCUT2D eigenvalue weighted by atomic mass is 9.95. The van der Waals surface area contributed by atoms with Crippen molar-refractivity contribution in [1.82, 2.24) is 20.5 Å². The molecule has 2 aliphatic rings. The largest absolute Gasteiger partial charge is 0.463 e. The summed E-state index contributed by atoms with van der Waals surface area (Å²) >= 11 is 3.45. The molecule has 3 heterocycles. The zero-order valence-corrected chi connectivity index (χ0v) is 19.4. The van der Waals surface area contributed by atoms with E-state index in [4.69, 9.17) is 9.73 Å². The van der Waals surface area contributed by atoms with Crippen molar-refractivity contribution in [3.63, 3.8) is 0 Å². The van der Waals surface area contributed by atoms with Gasteiger partial charge in [0.05, 0.1) is 12.2 Å². The number of halogens is 2. The summed E-state index contributed by atoms with van der Waals surface area (Å²) in [6.07, 6.45) is 1.70. The summed E-state index contributed by atoms with van der Waals surface area (Å²) in [5.74, 6) is -0.244. The van der Waals surface area contributed by atoms with Gasteiger partial charge in [-0.25, -0.2) is 9.18 Å². The van der Waals surface area contributed by atoms with E-state index in [1.165, 1.54) is 12.1 Å². The van der Waals surface area contributed by atoms with Crippen molar-refractivity contribution < 1.29 is 13.9 Å². The van der Waals surface area contributed by atoms with Gasteiger partial charge < -0.3 is 15.4 Å².